The molecular weight excluding hydrogens is 334 g/mol. The van der Waals surface area contributed by atoms with Gasteiger partial charge < -0.3 is 5.32 Å². The van der Waals surface area contributed by atoms with E-state index in [2.05, 4.69) is 44.1 Å². The molecule has 0 aromatic rings. The van der Waals surface area contributed by atoms with Crippen molar-refractivity contribution in [2.24, 2.45) is 11.3 Å². The van der Waals surface area contributed by atoms with Crippen molar-refractivity contribution >= 4 is 37.8 Å². The standard InChI is InChI=1S/C12H19Br2NO/c1-8-5-3-4-6-9(8)15-10(16)11(2)7-12(11,13)14/h8-9H,3-7H2,1-2H3,(H,15,16)/t8-,9+,11-/m1/s1. The van der Waals surface area contributed by atoms with E-state index >= 15 is 0 Å². The number of carbonyl (C=O) groups excluding carboxylic acids is 1. The van der Waals surface area contributed by atoms with Gasteiger partial charge in [-0.2, -0.15) is 0 Å². The van der Waals surface area contributed by atoms with Gasteiger partial charge in [-0.15, -0.1) is 0 Å². The lowest BCUT2D eigenvalue weighted by Crippen LogP contribution is -2.44. The van der Waals surface area contributed by atoms with Crippen LogP contribution in [0.25, 0.3) is 0 Å². The summed E-state index contributed by atoms with van der Waals surface area (Å²) in [6.07, 6.45) is 5.81. The van der Waals surface area contributed by atoms with Gasteiger partial charge >= 0.3 is 0 Å². The van der Waals surface area contributed by atoms with Gasteiger partial charge in [-0.1, -0.05) is 51.6 Å². The highest BCUT2D eigenvalue weighted by Crippen LogP contribution is 2.66. The minimum absolute atomic E-state index is 0.172. The first-order chi connectivity index (χ1) is 7.37. The van der Waals surface area contributed by atoms with Crippen LogP contribution in [0.1, 0.15) is 46.0 Å². The predicted molar refractivity (Wildman–Crippen MR) is 72.9 cm³/mol. The first-order valence-corrected chi connectivity index (χ1v) is 7.64. The molecule has 2 fully saturated rings. The van der Waals surface area contributed by atoms with Crippen molar-refractivity contribution in [2.75, 3.05) is 0 Å². The molecular formula is C12H19Br2NO. The van der Waals surface area contributed by atoms with E-state index < -0.39 is 0 Å². The molecule has 1 amide bonds. The summed E-state index contributed by atoms with van der Waals surface area (Å²) in [4.78, 5) is 12.2. The fourth-order valence-electron chi connectivity index (χ4n) is 2.50. The Morgan fingerprint density at radius 3 is 2.38 bits per heavy atom. The predicted octanol–water partition coefficient (Wildman–Crippen LogP) is 3.58. The zero-order valence-electron chi connectivity index (χ0n) is 9.85. The average molecular weight is 353 g/mol. The lowest BCUT2D eigenvalue weighted by Gasteiger charge is -2.30. The second-order valence-corrected chi connectivity index (χ2v) is 9.33. The maximum Gasteiger partial charge on any atom is 0.228 e. The highest BCUT2D eigenvalue weighted by Gasteiger charge is 2.66. The van der Waals surface area contributed by atoms with Crippen LogP contribution in [0.15, 0.2) is 0 Å². The zero-order valence-corrected chi connectivity index (χ0v) is 13.0. The quantitative estimate of drug-likeness (QED) is 0.756. The van der Waals surface area contributed by atoms with E-state index in [1.807, 2.05) is 6.92 Å². The Kier molecular flexibility index (Phi) is 3.44. The normalized spacial score (nSPS) is 41.5. The summed E-state index contributed by atoms with van der Waals surface area (Å²) in [5.74, 6) is 0.820. The van der Waals surface area contributed by atoms with E-state index in [0.717, 1.165) is 12.8 Å². The van der Waals surface area contributed by atoms with Crippen LogP contribution in [-0.4, -0.2) is 15.2 Å². The average Bonchev–Trinajstić information content (AvgIpc) is 2.71. The fraction of sp³-hybridized carbons (Fsp3) is 0.917. The van der Waals surface area contributed by atoms with E-state index in [0.29, 0.717) is 12.0 Å². The summed E-state index contributed by atoms with van der Waals surface area (Å²) in [7, 11) is 0. The third-order valence-corrected chi connectivity index (χ3v) is 6.50. The van der Waals surface area contributed by atoms with Crippen molar-refractivity contribution in [1.82, 2.24) is 5.32 Å². The second kappa shape index (κ2) is 4.27. The number of halogens is 2. The van der Waals surface area contributed by atoms with Gasteiger partial charge in [0.1, 0.15) is 0 Å². The highest BCUT2D eigenvalue weighted by atomic mass is 79.9. The summed E-state index contributed by atoms with van der Waals surface area (Å²) in [5, 5.41) is 3.23. The lowest BCUT2D eigenvalue weighted by molar-refractivity contribution is -0.127. The zero-order chi connectivity index (χ0) is 12.0. The summed E-state index contributed by atoms with van der Waals surface area (Å²) >= 11 is 7.09. The molecule has 92 valence electrons. The van der Waals surface area contributed by atoms with E-state index in [-0.39, 0.29) is 14.6 Å². The minimum Gasteiger partial charge on any atom is -0.353 e. The number of nitrogens with one attached hydrogen (secondary N) is 1. The molecule has 2 aliphatic rings. The van der Waals surface area contributed by atoms with E-state index in [1.54, 1.807) is 0 Å². The molecule has 2 aliphatic carbocycles. The number of hydrogen-bond donors (Lipinski definition) is 1. The van der Waals surface area contributed by atoms with Crippen LogP contribution in [0.3, 0.4) is 0 Å². The van der Waals surface area contributed by atoms with Crippen molar-refractivity contribution in [3.05, 3.63) is 0 Å². The molecule has 16 heavy (non-hydrogen) atoms. The maximum absolute atomic E-state index is 12.2. The van der Waals surface area contributed by atoms with Crippen LogP contribution in [0.4, 0.5) is 0 Å². The van der Waals surface area contributed by atoms with Crippen molar-refractivity contribution in [2.45, 2.75) is 55.2 Å². The van der Waals surface area contributed by atoms with Crippen molar-refractivity contribution in [3.8, 4) is 0 Å². The largest absolute Gasteiger partial charge is 0.353 e. The molecule has 0 heterocycles. The summed E-state index contributed by atoms with van der Waals surface area (Å²) in [6, 6.07) is 0.384. The van der Waals surface area contributed by atoms with Crippen LogP contribution in [-0.2, 0) is 4.79 Å². The number of rotatable bonds is 2. The Hall–Kier alpha value is 0.430. The number of alkyl halides is 2. The van der Waals surface area contributed by atoms with Gasteiger partial charge in [-0.25, -0.2) is 0 Å². The number of amides is 1. The van der Waals surface area contributed by atoms with Crippen LogP contribution < -0.4 is 5.32 Å². The summed E-state index contributed by atoms with van der Waals surface area (Å²) in [5.41, 5.74) is -0.274. The Labute approximate surface area is 114 Å². The molecule has 0 aliphatic heterocycles. The smallest absolute Gasteiger partial charge is 0.228 e. The topological polar surface area (TPSA) is 29.1 Å². The van der Waals surface area contributed by atoms with Crippen LogP contribution in [0.2, 0.25) is 0 Å². The van der Waals surface area contributed by atoms with Gasteiger partial charge in [0.15, 0.2) is 0 Å². The minimum atomic E-state index is -0.274. The number of carbonyl (C=O) groups is 1. The Balaban J connectivity index is 1.93. The van der Waals surface area contributed by atoms with Crippen molar-refractivity contribution in [3.63, 3.8) is 0 Å². The van der Waals surface area contributed by atoms with Crippen LogP contribution >= 0.6 is 31.9 Å². The summed E-state index contributed by atoms with van der Waals surface area (Å²) in [6.45, 7) is 4.26. The third-order valence-electron chi connectivity index (χ3n) is 4.19. The van der Waals surface area contributed by atoms with Crippen LogP contribution in [0.5, 0.6) is 0 Å². The molecule has 3 atom stereocenters. The third kappa shape index (κ3) is 2.20. The van der Waals surface area contributed by atoms with Gasteiger partial charge in [-0.05, 0) is 32.1 Å². The molecule has 1 N–H and O–H groups in total. The van der Waals surface area contributed by atoms with Crippen LogP contribution in [0, 0.1) is 11.3 Å². The maximum atomic E-state index is 12.2. The van der Waals surface area contributed by atoms with Crippen molar-refractivity contribution < 1.29 is 4.79 Å². The van der Waals surface area contributed by atoms with E-state index in [4.69, 9.17) is 0 Å². The molecule has 2 rings (SSSR count). The SMILES string of the molecule is C[C@@H]1CCCC[C@@H]1NC(=O)[C@@]1(C)CC1(Br)Br. The van der Waals surface area contributed by atoms with Gasteiger partial charge in [0, 0.05) is 6.04 Å². The molecule has 4 heteroatoms. The highest BCUT2D eigenvalue weighted by molar-refractivity contribution is 9.25. The Morgan fingerprint density at radius 1 is 1.31 bits per heavy atom. The number of hydrogen-bond acceptors (Lipinski definition) is 1. The first-order valence-electron chi connectivity index (χ1n) is 6.06. The van der Waals surface area contributed by atoms with Gasteiger partial charge in [0.05, 0.1) is 8.65 Å². The molecule has 0 aromatic heterocycles. The molecule has 0 bridgehead atoms. The lowest BCUT2D eigenvalue weighted by atomic mass is 9.85. The molecule has 0 radical (unpaired) electrons. The Bertz CT molecular complexity index is 305. The van der Waals surface area contributed by atoms with Crippen molar-refractivity contribution in [1.29, 1.82) is 0 Å². The van der Waals surface area contributed by atoms with E-state index in [9.17, 15) is 4.79 Å². The molecule has 0 unspecified atom stereocenters. The molecule has 0 aromatic carbocycles. The Morgan fingerprint density at radius 2 is 1.88 bits per heavy atom. The summed E-state index contributed by atoms with van der Waals surface area (Å²) < 4.78 is -0.172. The second-order valence-electron chi connectivity index (χ2n) is 5.56. The first kappa shape index (κ1) is 12.9. The molecule has 2 nitrogen and oxygen atoms in total. The molecule has 2 saturated carbocycles. The monoisotopic (exact) mass is 351 g/mol. The van der Waals surface area contributed by atoms with Gasteiger partial charge in [0.25, 0.3) is 0 Å². The van der Waals surface area contributed by atoms with E-state index in [1.165, 1.54) is 19.3 Å². The van der Waals surface area contributed by atoms with Gasteiger partial charge in [0.2, 0.25) is 5.91 Å². The molecule has 0 spiro atoms. The fourth-order valence-corrected chi connectivity index (χ4v) is 3.99. The molecule has 0 saturated heterocycles. The van der Waals surface area contributed by atoms with Gasteiger partial charge in [-0.3, -0.25) is 4.79 Å².